The van der Waals surface area contributed by atoms with Gasteiger partial charge in [-0.15, -0.1) is 0 Å². The van der Waals surface area contributed by atoms with Gasteiger partial charge in [0.05, 0.1) is 11.6 Å². The lowest BCUT2D eigenvalue weighted by molar-refractivity contribution is 0.0500. The van der Waals surface area contributed by atoms with Crippen molar-refractivity contribution in [3.05, 3.63) is 65.7 Å². The number of nitriles is 1. The van der Waals surface area contributed by atoms with Gasteiger partial charge in [-0.25, -0.2) is 0 Å². The highest BCUT2D eigenvalue weighted by Gasteiger charge is 2.40. The smallest absolute Gasteiger partial charge is 0.258 e. The lowest BCUT2D eigenvalue weighted by atomic mass is 9.96. The van der Waals surface area contributed by atoms with E-state index in [0.29, 0.717) is 24.9 Å². The van der Waals surface area contributed by atoms with Crippen LogP contribution in [0.1, 0.15) is 35.7 Å². The molecule has 4 heteroatoms. The maximum Gasteiger partial charge on any atom is 0.258 e. The molecule has 1 atom stereocenters. The molecular weight excluding hydrogens is 286 g/mol. The number of anilines is 1. The molecule has 3 rings (SSSR count). The van der Waals surface area contributed by atoms with Crippen LogP contribution in [0.2, 0.25) is 0 Å². The Bertz CT molecular complexity index is 751. The fourth-order valence-electron chi connectivity index (χ4n) is 3.01. The Morgan fingerprint density at radius 2 is 1.83 bits per heavy atom. The molecule has 1 amide bonds. The number of hydrogen-bond acceptors (Lipinski definition) is 3. The van der Waals surface area contributed by atoms with Crippen molar-refractivity contribution in [2.45, 2.75) is 32.0 Å². The summed E-state index contributed by atoms with van der Waals surface area (Å²) in [5.41, 5.74) is 2.02. The van der Waals surface area contributed by atoms with Crippen molar-refractivity contribution in [1.82, 2.24) is 4.90 Å². The Labute approximate surface area is 136 Å². The van der Waals surface area contributed by atoms with E-state index in [1.807, 2.05) is 66.4 Å². The Kier molecular flexibility index (Phi) is 4.03. The number of nitrogens with zero attached hydrogens (tertiary/aromatic N) is 2. The molecule has 4 nitrogen and oxygen atoms in total. The zero-order chi connectivity index (χ0) is 16.3. The normalized spacial score (nSPS) is 19.7. The van der Waals surface area contributed by atoms with Crippen molar-refractivity contribution in [3.63, 3.8) is 0 Å². The average molecular weight is 305 g/mol. The van der Waals surface area contributed by atoms with Crippen LogP contribution in [0.15, 0.2) is 54.6 Å². The summed E-state index contributed by atoms with van der Waals surface area (Å²) in [6.07, 6.45) is 0.973. The molecule has 1 N–H and O–H groups in total. The summed E-state index contributed by atoms with van der Waals surface area (Å²) in [6.45, 7) is 2.50. The van der Waals surface area contributed by atoms with Crippen LogP contribution in [0, 0.1) is 11.3 Å². The molecule has 0 bridgehead atoms. The summed E-state index contributed by atoms with van der Waals surface area (Å²) in [6, 6.07) is 19.7. The zero-order valence-electron chi connectivity index (χ0n) is 13.1. The Morgan fingerprint density at radius 1 is 1.13 bits per heavy atom. The number of fused-ring (bicyclic) bond motifs is 1. The van der Waals surface area contributed by atoms with Crippen LogP contribution in [0.5, 0.6) is 0 Å². The van der Waals surface area contributed by atoms with Crippen LogP contribution in [0.4, 0.5) is 5.69 Å². The van der Waals surface area contributed by atoms with Gasteiger partial charge in [-0.05, 0) is 24.6 Å². The van der Waals surface area contributed by atoms with Gasteiger partial charge in [-0.3, -0.25) is 4.79 Å². The lowest BCUT2D eigenvalue weighted by Crippen LogP contribution is -2.57. The second-order valence-electron chi connectivity index (χ2n) is 5.98. The van der Waals surface area contributed by atoms with Gasteiger partial charge in [0.2, 0.25) is 0 Å². The van der Waals surface area contributed by atoms with Gasteiger partial charge < -0.3 is 10.2 Å². The second-order valence-corrected chi connectivity index (χ2v) is 5.98. The standard InChI is InChI=1S/C19H19N3O/c1-19(12-7-13-20)21-17-11-6-5-10-16(17)18(23)22(19)14-15-8-3-2-4-9-15/h2-6,8-11,21H,7,12,14H2,1H3. The Balaban J connectivity index is 1.98. The fraction of sp³-hybridized carbons (Fsp3) is 0.263. The van der Waals surface area contributed by atoms with Crippen LogP contribution in [0.25, 0.3) is 0 Å². The summed E-state index contributed by atoms with van der Waals surface area (Å²) in [5.74, 6) is 0.00337. The van der Waals surface area contributed by atoms with E-state index in [9.17, 15) is 4.79 Å². The number of nitrogens with one attached hydrogen (secondary N) is 1. The van der Waals surface area contributed by atoms with Crippen molar-refractivity contribution in [2.24, 2.45) is 0 Å². The first-order valence-corrected chi connectivity index (χ1v) is 7.74. The van der Waals surface area contributed by atoms with E-state index < -0.39 is 5.66 Å². The number of hydrogen-bond donors (Lipinski definition) is 1. The van der Waals surface area contributed by atoms with Crippen molar-refractivity contribution < 1.29 is 4.79 Å². The molecule has 1 aliphatic heterocycles. The molecule has 0 aromatic heterocycles. The van der Waals surface area contributed by atoms with E-state index in [1.54, 1.807) is 0 Å². The number of rotatable bonds is 4. The summed E-state index contributed by atoms with van der Waals surface area (Å²) in [5, 5.41) is 12.4. The minimum atomic E-state index is -0.572. The van der Waals surface area contributed by atoms with Crippen LogP contribution in [-0.2, 0) is 6.54 Å². The quantitative estimate of drug-likeness (QED) is 0.935. The van der Waals surface area contributed by atoms with Crippen molar-refractivity contribution >= 4 is 11.6 Å². The number of amides is 1. The predicted octanol–water partition coefficient (Wildman–Crippen LogP) is 3.77. The minimum absolute atomic E-state index is 0.00337. The molecular formula is C19H19N3O. The monoisotopic (exact) mass is 305 g/mol. The third-order valence-electron chi connectivity index (χ3n) is 4.31. The van der Waals surface area contributed by atoms with Gasteiger partial charge in [-0.2, -0.15) is 5.26 Å². The minimum Gasteiger partial charge on any atom is -0.362 e. The van der Waals surface area contributed by atoms with Crippen LogP contribution in [-0.4, -0.2) is 16.5 Å². The molecule has 0 saturated carbocycles. The third kappa shape index (κ3) is 2.91. The molecule has 1 heterocycles. The molecule has 2 aromatic rings. The molecule has 0 spiro atoms. The maximum atomic E-state index is 13.0. The van der Waals surface area contributed by atoms with Crippen LogP contribution in [0.3, 0.4) is 0 Å². The fourth-order valence-corrected chi connectivity index (χ4v) is 3.01. The molecule has 2 aromatic carbocycles. The molecule has 0 saturated heterocycles. The largest absolute Gasteiger partial charge is 0.362 e. The predicted molar refractivity (Wildman–Crippen MR) is 89.6 cm³/mol. The zero-order valence-corrected chi connectivity index (χ0v) is 13.1. The van der Waals surface area contributed by atoms with Gasteiger partial charge in [-0.1, -0.05) is 42.5 Å². The number of carbonyl (C=O) groups is 1. The molecule has 1 unspecified atom stereocenters. The first-order valence-electron chi connectivity index (χ1n) is 7.74. The topological polar surface area (TPSA) is 56.1 Å². The maximum absolute atomic E-state index is 13.0. The van der Waals surface area contributed by atoms with Crippen LogP contribution >= 0.6 is 0 Å². The number of benzene rings is 2. The van der Waals surface area contributed by atoms with Gasteiger partial charge in [0.15, 0.2) is 0 Å². The summed E-state index contributed by atoms with van der Waals surface area (Å²) < 4.78 is 0. The third-order valence-corrected chi connectivity index (χ3v) is 4.31. The van der Waals surface area contributed by atoms with E-state index in [2.05, 4.69) is 11.4 Å². The highest BCUT2D eigenvalue weighted by atomic mass is 16.2. The van der Waals surface area contributed by atoms with E-state index in [0.717, 1.165) is 11.3 Å². The van der Waals surface area contributed by atoms with Crippen LogP contribution < -0.4 is 5.32 Å². The van der Waals surface area contributed by atoms with E-state index in [1.165, 1.54) is 0 Å². The first kappa shape index (κ1) is 15.1. The number of carbonyl (C=O) groups excluding carboxylic acids is 1. The van der Waals surface area contributed by atoms with E-state index in [-0.39, 0.29) is 5.91 Å². The average Bonchev–Trinajstić information content (AvgIpc) is 2.58. The van der Waals surface area contributed by atoms with Gasteiger partial charge >= 0.3 is 0 Å². The summed E-state index contributed by atoms with van der Waals surface area (Å²) in [4.78, 5) is 14.8. The molecule has 0 fully saturated rings. The summed E-state index contributed by atoms with van der Waals surface area (Å²) >= 11 is 0. The molecule has 0 radical (unpaired) electrons. The Morgan fingerprint density at radius 3 is 2.57 bits per heavy atom. The van der Waals surface area contributed by atoms with Gasteiger partial charge in [0, 0.05) is 25.1 Å². The molecule has 116 valence electrons. The highest BCUT2D eigenvalue weighted by molar-refractivity contribution is 6.02. The molecule has 0 aliphatic carbocycles. The van der Waals surface area contributed by atoms with Crippen molar-refractivity contribution in [2.75, 3.05) is 5.32 Å². The van der Waals surface area contributed by atoms with Crippen molar-refractivity contribution in [1.29, 1.82) is 5.26 Å². The highest BCUT2D eigenvalue weighted by Crippen LogP contribution is 2.34. The SMILES string of the molecule is CC1(CCC#N)Nc2ccccc2C(=O)N1Cc1ccccc1. The first-order chi connectivity index (χ1) is 11.1. The molecule has 1 aliphatic rings. The second kappa shape index (κ2) is 6.13. The van der Waals surface area contributed by atoms with Crippen molar-refractivity contribution in [3.8, 4) is 6.07 Å². The van der Waals surface area contributed by atoms with E-state index >= 15 is 0 Å². The van der Waals surface area contributed by atoms with E-state index in [4.69, 9.17) is 5.26 Å². The Hall–Kier alpha value is -2.80. The number of para-hydroxylation sites is 1. The lowest BCUT2D eigenvalue weighted by Gasteiger charge is -2.46. The van der Waals surface area contributed by atoms with Gasteiger partial charge in [0.25, 0.3) is 5.91 Å². The van der Waals surface area contributed by atoms with Gasteiger partial charge in [0.1, 0.15) is 5.66 Å². The summed E-state index contributed by atoms with van der Waals surface area (Å²) in [7, 11) is 0. The molecule has 23 heavy (non-hydrogen) atoms.